The van der Waals surface area contributed by atoms with Crippen LogP contribution in [0.2, 0.25) is 0 Å². The van der Waals surface area contributed by atoms with Crippen molar-refractivity contribution in [3.63, 3.8) is 0 Å². The van der Waals surface area contributed by atoms with Crippen molar-refractivity contribution >= 4 is 0 Å². The summed E-state index contributed by atoms with van der Waals surface area (Å²) in [6.07, 6.45) is -7.76. The quantitative estimate of drug-likeness (QED) is 0.637. The van der Waals surface area contributed by atoms with Crippen molar-refractivity contribution < 1.29 is 27.1 Å². The lowest BCUT2D eigenvalue weighted by molar-refractivity contribution is -0.261. The van der Waals surface area contributed by atoms with E-state index >= 15 is 0 Å². The van der Waals surface area contributed by atoms with Gasteiger partial charge >= 0.3 is 6.18 Å². The second kappa shape index (κ2) is 2.92. The minimum Gasteiger partial charge on any atom is -0.390 e. The highest BCUT2D eigenvalue weighted by atomic mass is 19.4. The van der Waals surface area contributed by atoms with Gasteiger partial charge in [-0.25, -0.2) is 8.78 Å². The molecule has 0 aromatic heterocycles. The van der Waals surface area contributed by atoms with Crippen LogP contribution in [0.5, 0.6) is 0 Å². The van der Waals surface area contributed by atoms with E-state index in [2.05, 4.69) is 0 Å². The first kappa shape index (κ1) is 10.6. The largest absolute Gasteiger partial charge is 0.427 e. The Morgan fingerprint density at radius 1 is 1.27 bits per heavy atom. The SMILES string of the molecule is CC(O)C(F)(CF)C(F)(F)F. The van der Waals surface area contributed by atoms with Crippen LogP contribution < -0.4 is 0 Å². The summed E-state index contributed by atoms with van der Waals surface area (Å²) >= 11 is 0. The van der Waals surface area contributed by atoms with E-state index < -0.39 is 24.6 Å². The van der Waals surface area contributed by atoms with Crippen LogP contribution in [-0.4, -0.2) is 29.7 Å². The van der Waals surface area contributed by atoms with Gasteiger partial charge in [0.15, 0.2) is 0 Å². The zero-order valence-electron chi connectivity index (χ0n) is 5.62. The molecule has 0 saturated carbocycles. The van der Waals surface area contributed by atoms with Crippen molar-refractivity contribution in [2.45, 2.75) is 24.9 Å². The maximum atomic E-state index is 12.4. The van der Waals surface area contributed by atoms with Crippen LogP contribution in [0.25, 0.3) is 0 Å². The normalized spacial score (nSPS) is 21.0. The smallest absolute Gasteiger partial charge is 0.390 e. The summed E-state index contributed by atoms with van der Waals surface area (Å²) < 4.78 is 58.7. The van der Waals surface area contributed by atoms with Gasteiger partial charge in [0.1, 0.15) is 6.67 Å². The van der Waals surface area contributed by atoms with Crippen molar-refractivity contribution in [3.05, 3.63) is 0 Å². The molecule has 1 N–H and O–H groups in total. The third kappa shape index (κ3) is 1.79. The molecule has 11 heavy (non-hydrogen) atoms. The number of alkyl halides is 5. The Balaban J connectivity index is 4.61. The van der Waals surface area contributed by atoms with Crippen molar-refractivity contribution in [1.29, 1.82) is 0 Å². The molecule has 0 spiro atoms. The van der Waals surface area contributed by atoms with Crippen LogP contribution in [-0.2, 0) is 0 Å². The molecule has 0 aliphatic rings. The summed E-state index contributed by atoms with van der Waals surface area (Å²) in [5.41, 5.74) is -4.13. The molecule has 0 saturated heterocycles. The maximum absolute atomic E-state index is 12.4. The zero-order valence-corrected chi connectivity index (χ0v) is 5.62. The molecule has 0 aliphatic heterocycles. The van der Waals surface area contributed by atoms with Crippen LogP contribution in [0.15, 0.2) is 0 Å². The summed E-state index contributed by atoms with van der Waals surface area (Å²) in [6, 6.07) is 0. The fraction of sp³-hybridized carbons (Fsp3) is 1.00. The lowest BCUT2D eigenvalue weighted by Crippen LogP contribution is -2.51. The molecule has 1 nitrogen and oxygen atoms in total. The predicted octanol–water partition coefficient (Wildman–Crippen LogP) is 1.61. The van der Waals surface area contributed by atoms with Crippen LogP contribution in [0.1, 0.15) is 6.92 Å². The molecule has 6 heteroatoms. The van der Waals surface area contributed by atoms with Crippen LogP contribution in [0.3, 0.4) is 0 Å². The molecule has 0 fully saturated rings. The number of rotatable bonds is 2. The minimum absolute atomic E-state index is 0.549. The summed E-state index contributed by atoms with van der Waals surface area (Å²) in [4.78, 5) is 0. The highest BCUT2D eigenvalue weighted by Crippen LogP contribution is 2.36. The van der Waals surface area contributed by atoms with Crippen LogP contribution in [0.4, 0.5) is 22.0 Å². The zero-order chi connectivity index (χ0) is 9.28. The summed E-state index contributed by atoms with van der Waals surface area (Å²) in [6.45, 7) is -1.72. The fourth-order valence-electron chi connectivity index (χ4n) is 0.424. The Bertz CT molecular complexity index is 131. The average molecular weight is 178 g/mol. The molecule has 68 valence electrons. The van der Waals surface area contributed by atoms with Crippen molar-refractivity contribution in [1.82, 2.24) is 0 Å². The Morgan fingerprint density at radius 2 is 1.64 bits per heavy atom. The van der Waals surface area contributed by atoms with Gasteiger partial charge in [0.05, 0.1) is 6.10 Å². The second-order valence-corrected chi connectivity index (χ2v) is 2.17. The van der Waals surface area contributed by atoms with Crippen molar-refractivity contribution in [2.75, 3.05) is 6.67 Å². The van der Waals surface area contributed by atoms with E-state index in [1.807, 2.05) is 0 Å². The highest BCUT2D eigenvalue weighted by Gasteiger charge is 2.59. The van der Waals surface area contributed by atoms with Crippen LogP contribution in [0, 0.1) is 0 Å². The van der Waals surface area contributed by atoms with Gasteiger partial charge in [0, 0.05) is 0 Å². The predicted molar refractivity (Wildman–Crippen MR) is 27.5 cm³/mol. The second-order valence-electron chi connectivity index (χ2n) is 2.17. The topological polar surface area (TPSA) is 20.2 Å². The number of halogens is 5. The first-order valence-corrected chi connectivity index (χ1v) is 2.75. The first-order chi connectivity index (χ1) is 4.75. The number of hydrogen-bond donors (Lipinski definition) is 1. The number of aliphatic hydroxyl groups excluding tert-OH is 1. The van der Waals surface area contributed by atoms with E-state index in [-0.39, 0.29) is 0 Å². The van der Waals surface area contributed by atoms with Gasteiger partial charge in [-0.2, -0.15) is 13.2 Å². The van der Waals surface area contributed by atoms with Gasteiger partial charge in [-0.3, -0.25) is 0 Å². The van der Waals surface area contributed by atoms with Gasteiger partial charge in [-0.1, -0.05) is 0 Å². The molecule has 0 bridgehead atoms. The number of hydrogen-bond acceptors (Lipinski definition) is 1. The fourth-order valence-corrected chi connectivity index (χ4v) is 0.424. The Hall–Kier alpha value is -0.390. The summed E-state index contributed by atoms with van der Waals surface area (Å²) in [5.74, 6) is 0. The van der Waals surface area contributed by atoms with Gasteiger partial charge in [-0.15, -0.1) is 0 Å². The third-order valence-electron chi connectivity index (χ3n) is 1.33. The molecular formula is C5H7F5O. The van der Waals surface area contributed by atoms with E-state index in [0.717, 1.165) is 0 Å². The molecule has 0 aromatic carbocycles. The van der Waals surface area contributed by atoms with Crippen molar-refractivity contribution in [2.24, 2.45) is 0 Å². The lowest BCUT2D eigenvalue weighted by Gasteiger charge is -2.27. The third-order valence-corrected chi connectivity index (χ3v) is 1.33. The molecule has 0 rings (SSSR count). The molecule has 0 heterocycles. The van der Waals surface area contributed by atoms with E-state index in [9.17, 15) is 22.0 Å². The number of aliphatic hydroxyl groups is 1. The molecule has 2 unspecified atom stereocenters. The summed E-state index contributed by atoms with van der Waals surface area (Å²) in [5, 5.41) is 8.27. The molecule has 0 amide bonds. The molecule has 2 atom stereocenters. The monoisotopic (exact) mass is 178 g/mol. The van der Waals surface area contributed by atoms with Gasteiger partial charge in [-0.05, 0) is 6.92 Å². The van der Waals surface area contributed by atoms with E-state index in [4.69, 9.17) is 5.11 Å². The molecular weight excluding hydrogens is 171 g/mol. The first-order valence-electron chi connectivity index (χ1n) is 2.75. The van der Waals surface area contributed by atoms with E-state index in [1.54, 1.807) is 0 Å². The summed E-state index contributed by atoms with van der Waals surface area (Å²) in [7, 11) is 0. The van der Waals surface area contributed by atoms with Gasteiger partial charge < -0.3 is 5.11 Å². The van der Waals surface area contributed by atoms with Crippen LogP contribution >= 0.6 is 0 Å². The van der Waals surface area contributed by atoms with Gasteiger partial charge in [0.2, 0.25) is 0 Å². The Labute approximate surface area is 59.8 Å². The van der Waals surface area contributed by atoms with Gasteiger partial charge in [0.25, 0.3) is 5.67 Å². The van der Waals surface area contributed by atoms with E-state index in [1.165, 1.54) is 0 Å². The molecule has 0 aromatic rings. The Morgan fingerprint density at radius 3 is 1.64 bits per heavy atom. The van der Waals surface area contributed by atoms with E-state index in [0.29, 0.717) is 6.92 Å². The Kier molecular flexibility index (Phi) is 2.82. The van der Waals surface area contributed by atoms with Crippen molar-refractivity contribution in [3.8, 4) is 0 Å². The molecule has 0 aliphatic carbocycles. The lowest BCUT2D eigenvalue weighted by atomic mass is 10.0. The highest BCUT2D eigenvalue weighted by molar-refractivity contribution is 4.91. The maximum Gasteiger partial charge on any atom is 0.427 e. The molecule has 0 radical (unpaired) electrons. The minimum atomic E-state index is -5.37. The average Bonchev–Trinajstić information content (AvgIpc) is 1.83. The standard InChI is InChI=1S/C5H7F5O/c1-3(11)4(7,2-6)5(8,9)10/h3,11H,2H2,1H3.